The Morgan fingerprint density at radius 3 is 2.64 bits per heavy atom. The first-order valence-electron chi connectivity index (χ1n) is 7.65. The van der Waals surface area contributed by atoms with Crippen LogP contribution in [0.15, 0.2) is 12.1 Å². The highest BCUT2D eigenvalue weighted by Gasteiger charge is 2.30. The van der Waals surface area contributed by atoms with Crippen molar-refractivity contribution in [2.45, 2.75) is 37.8 Å². The van der Waals surface area contributed by atoms with Gasteiger partial charge in [-0.1, -0.05) is 0 Å². The maximum Gasteiger partial charge on any atom is 0.263 e. The molecule has 0 saturated carbocycles. The van der Waals surface area contributed by atoms with Crippen molar-refractivity contribution < 1.29 is 17.9 Å². The molecule has 3 rings (SSSR count). The molecule has 1 atom stereocenters. The van der Waals surface area contributed by atoms with Crippen LogP contribution < -0.4 is 0 Å². The van der Waals surface area contributed by atoms with Gasteiger partial charge in [0.15, 0.2) is 0 Å². The zero-order chi connectivity index (χ0) is 15.7. The highest BCUT2D eigenvalue weighted by molar-refractivity contribution is 7.91. The van der Waals surface area contributed by atoms with Gasteiger partial charge in [-0.2, -0.15) is 0 Å². The van der Waals surface area contributed by atoms with E-state index >= 15 is 0 Å². The van der Waals surface area contributed by atoms with Crippen LogP contribution in [-0.2, 0) is 14.6 Å². The third-order valence-corrected chi connectivity index (χ3v) is 7.36. The molecular weight excluding hydrogens is 322 g/mol. The van der Waals surface area contributed by atoms with Crippen molar-refractivity contribution in [1.29, 1.82) is 0 Å². The molecule has 0 radical (unpaired) electrons. The van der Waals surface area contributed by atoms with E-state index in [1.54, 1.807) is 11.9 Å². The largest absolute Gasteiger partial charge is 0.373 e. The molecule has 3 heterocycles. The maximum atomic E-state index is 12.6. The van der Waals surface area contributed by atoms with Crippen molar-refractivity contribution >= 4 is 27.1 Å². The predicted molar refractivity (Wildman–Crippen MR) is 86.0 cm³/mol. The zero-order valence-corrected chi connectivity index (χ0v) is 14.3. The van der Waals surface area contributed by atoms with Gasteiger partial charge in [-0.05, 0) is 37.8 Å². The first kappa shape index (κ1) is 16.0. The van der Waals surface area contributed by atoms with Gasteiger partial charge in [0.25, 0.3) is 5.91 Å². The van der Waals surface area contributed by atoms with Crippen LogP contribution in [0.3, 0.4) is 0 Å². The Kier molecular flexibility index (Phi) is 4.56. The van der Waals surface area contributed by atoms with E-state index in [1.165, 1.54) is 11.3 Å². The first-order valence-corrected chi connectivity index (χ1v) is 10.3. The van der Waals surface area contributed by atoms with Gasteiger partial charge in [-0.15, -0.1) is 11.3 Å². The van der Waals surface area contributed by atoms with Gasteiger partial charge in [0.2, 0.25) is 0 Å². The summed E-state index contributed by atoms with van der Waals surface area (Å²) >= 11 is 1.50. The smallest absolute Gasteiger partial charge is 0.263 e. The first-order chi connectivity index (χ1) is 10.5. The van der Waals surface area contributed by atoms with Crippen molar-refractivity contribution in [2.24, 2.45) is 0 Å². The Balaban J connectivity index is 1.65. The third-order valence-electron chi connectivity index (χ3n) is 4.48. The molecule has 0 N–H and O–H groups in total. The number of hydrogen-bond acceptors (Lipinski definition) is 5. The lowest BCUT2D eigenvalue weighted by Gasteiger charge is -2.30. The Labute approximate surface area is 135 Å². The summed E-state index contributed by atoms with van der Waals surface area (Å²) in [5.74, 6) is 0.348. The van der Waals surface area contributed by atoms with Crippen molar-refractivity contribution in [3.05, 3.63) is 21.9 Å². The molecule has 2 aliphatic heterocycles. The molecule has 0 aromatic carbocycles. The number of carbonyl (C=O) groups excluding carboxylic acids is 1. The van der Waals surface area contributed by atoms with Crippen molar-refractivity contribution in [2.75, 3.05) is 25.2 Å². The normalized spacial score (nSPS) is 25.2. The topological polar surface area (TPSA) is 63.7 Å². The molecule has 2 aliphatic rings. The highest BCUT2D eigenvalue weighted by atomic mass is 32.2. The molecule has 0 unspecified atom stereocenters. The number of ether oxygens (including phenoxy) is 1. The summed E-state index contributed by atoms with van der Waals surface area (Å²) in [4.78, 5) is 16.1. The number of rotatable bonds is 3. The molecule has 7 heteroatoms. The fourth-order valence-corrected chi connectivity index (χ4v) is 5.59. The second-order valence-electron chi connectivity index (χ2n) is 6.00. The van der Waals surface area contributed by atoms with E-state index in [0.717, 1.165) is 24.3 Å². The number of nitrogens with zero attached hydrogens (tertiary/aromatic N) is 1. The lowest BCUT2D eigenvalue weighted by Crippen LogP contribution is -2.42. The van der Waals surface area contributed by atoms with Crippen molar-refractivity contribution in [3.63, 3.8) is 0 Å². The number of sulfone groups is 1. The lowest BCUT2D eigenvalue weighted by molar-refractivity contribution is 0.0726. The fourth-order valence-electron chi connectivity index (χ4n) is 3.05. The molecule has 1 aromatic heterocycles. The molecule has 22 heavy (non-hydrogen) atoms. The summed E-state index contributed by atoms with van der Waals surface area (Å²) in [7, 11) is -1.12. The van der Waals surface area contributed by atoms with Crippen LogP contribution in [0.1, 0.15) is 46.3 Å². The quantitative estimate of drug-likeness (QED) is 0.844. The SMILES string of the molecule is CN(C(=O)c1ccc([C@H]2CCCO2)s1)C1CCS(=O)(=O)CC1. The second kappa shape index (κ2) is 6.29. The van der Waals surface area contributed by atoms with Gasteiger partial charge in [0, 0.05) is 24.6 Å². The Morgan fingerprint density at radius 1 is 1.27 bits per heavy atom. The second-order valence-corrected chi connectivity index (χ2v) is 9.42. The summed E-state index contributed by atoms with van der Waals surface area (Å²) in [6, 6.07) is 3.86. The molecule has 1 amide bonds. The van der Waals surface area contributed by atoms with Gasteiger partial charge < -0.3 is 9.64 Å². The van der Waals surface area contributed by atoms with Gasteiger partial charge in [-0.3, -0.25) is 4.79 Å². The van der Waals surface area contributed by atoms with Crippen LogP contribution in [0.4, 0.5) is 0 Å². The average Bonchev–Trinajstić information content (AvgIpc) is 3.16. The Bertz CT molecular complexity index is 632. The van der Waals surface area contributed by atoms with Gasteiger partial charge in [0.05, 0.1) is 22.5 Å². The van der Waals surface area contributed by atoms with E-state index in [-0.39, 0.29) is 29.6 Å². The summed E-state index contributed by atoms with van der Waals surface area (Å²) in [5.41, 5.74) is 0. The van der Waals surface area contributed by atoms with Crippen LogP contribution in [0.25, 0.3) is 0 Å². The molecule has 122 valence electrons. The van der Waals surface area contributed by atoms with E-state index in [0.29, 0.717) is 17.7 Å². The van der Waals surface area contributed by atoms with E-state index < -0.39 is 9.84 Å². The number of thiophene rings is 1. The minimum Gasteiger partial charge on any atom is -0.373 e. The molecule has 0 aliphatic carbocycles. The molecule has 2 saturated heterocycles. The lowest BCUT2D eigenvalue weighted by atomic mass is 10.1. The van der Waals surface area contributed by atoms with Crippen LogP contribution in [-0.4, -0.2) is 50.4 Å². The fraction of sp³-hybridized carbons (Fsp3) is 0.667. The third kappa shape index (κ3) is 3.36. The summed E-state index contributed by atoms with van der Waals surface area (Å²) in [6.07, 6.45) is 3.30. The Morgan fingerprint density at radius 2 is 2.00 bits per heavy atom. The van der Waals surface area contributed by atoms with Crippen LogP contribution in [0.5, 0.6) is 0 Å². The van der Waals surface area contributed by atoms with E-state index in [2.05, 4.69) is 0 Å². The molecule has 5 nitrogen and oxygen atoms in total. The number of hydrogen-bond donors (Lipinski definition) is 0. The Hall–Kier alpha value is -0.920. The standard InChI is InChI=1S/C15H21NO4S2/c1-16(11-6-9-22(18,19)10-7-11)15(17)14-5-4-13(21-14)12-3-2-8-20-12/h4-5,11-12H,2-3,6-10H2,1H3/t12-/m1/s1. The van der Waals surface area contributed by atoms with E-state index in [1.807, 2.05) is 12.1 Å². The van der Waals surface area contributed by atoms with E-state index in [9.17, 15) is 13.2 Å². The van der Waals surface area contributed by atoms with Crippen molar-refractivity contribution in [3.8, 4) is 0 Å². The van der Waals surface area contributed by atoms with Gasteiger partial charge in [0.1, 0.15) is 9.84 Å². The van der Waals surface area contributed by atoms with Gasteiger partial charge in [-0.25, -0.2) is 8.42 Å². The summed E-state index contributed by atoms with van der Waals surface area (Å²) in [6.45, 7) is 0.794. The molecule has 1 aromatic rings. The number of carbonyl (C=O) groups is 1. The summed E-state index contributed by atoms with van der Waals surface area (Å²) in [5, 5.41) is 0. The van der Waals surface area contributed by atoms with Crippen LogP contribution in [0.2, 0.25) is 0 Å². The molecular formula is C15H21NO4S2. The van der Waals surface area contributed by atoms with Gasteiger partial charge >= 0.3 is 0 Å². The monoisotopic (exact) mass is 343 g/mol. The minimum absolute atomic E-state index is 0.0152. The van der Waals surface area contributed by atoms with Crippen LogP contribution >= 0.6 is 11.3 Å². The zero-order valence-electron chi connectivity index (χ0n) is 12.7. The predicted octanol–water partition coefficient (Wildman–Crippen LogP) is 2.25. The highest BCUT2D eigenvalue weighted by Crippen LogP contribution is 2.34. The maximum absolute atomic E-state index is 12.6. The molecule has 2 fully saturated rings. The van der Waals surface area contributed by atoms with Crippen LogP contribution in [0, 0.1) is 0 Å². The molecule has 0 bridgehead atoms. The minimum atomic E-state index is -2.90. The van der Waals surface area contributed by atoms with Crippen molar-refractivity contribution in [1.82, 2.24) is 4.90 Å². The number of amides is 1. The summed E-state index contributed by atoms with van der Waals surface area (Å²) < 4.78 is 28.6. The van der Waals surface area contributed by atoms with E-state index in [4.69, 9.17) is 4.74 Å². The average molecular weight is 343 g/mol. The molecule has 0 spiro atoms.